The van der Waals surface area contributed by atoms with E-state index in [9.17, 15) is 4.79 Å². The first-order valence-electron chi connectivity index (χ1n) is 4.85. The first-order valence-corrected chi connectivity index (χ1v) is 4.85. The molecule has 1 aliphatic carbocycles. The summed E-state index contributed by atoms with van der Waals surface area (Å²) in [6, 6.07) is 0. The van der Waals surface area contributed by atoms with Crippen LogP contribution in [0.3, 0.4) is 0 Å². The van der Waals surface area contributed by atoms with E-state index in [-0.39, 0.29) is 5.91 Å². The summed E-state index contributed by atoms with van der Waals surface area (Å²) in [5, 5.41) is 0. The maximum Gasteiger partial charge on any atom is 0.219 e. The first kappa shape index (κ1) is 9.56. The Labute approximate surface area is 74.9 Å². The normalized spacial score (nSPS) is 16.7. The fourth-order valence-electron chi connectivity index (χ4n) is 1.38. The van der Waals surface area contributed by atoms with Gasteiger partial charge in [-0.3, -0.25) is 4.79 Å². The summed E-state index contributed by atoms with van der Waals surface area (Å²) in [6.07, 6.45) is 2.64. The Bertz CT molecular complexity index is 157. The molecule has 0 bridgehead atoms. The summed E-state index contributed by atoms with van der Waals surface area (Å²) < 4.78 is 0. The predicted molar refractivity (Wildman–Crippen MR) is 49.8 cm³/mol. The van der Waals surface area contributed by atoms with Crippen molar-refractivity contribution in [1.82, 2.24) is 4.90 Å². The number of hydrogen-bond acceptors (Lipinski definition) is 1. The maximum absolute atomic E-state index is 11.2. The average molecular weight is 169 g/mol. The van der Waals surface area contributed by atoms with Crippen LogP contribution >= 0.6 is 0 Å². The minimum atomic E-state index is 0.232. The summed E-state index contributed by atoms with van der Waals surface area (Å²) in [5.41, 5.74) is 0. The molecule has 1 amide bonds. The second kappa shape index (κ2) is 3.92. The van der Waals surface area contributed by atoms with Crippen molar-refractivity contribution in [2.75, 3.05) is 13.1 Å². The van der Waals surface area contributed by atoms with Gasteiger partial charge in [-0.1, -0.05) is 13.8 Å². The van der Waals surface area contributed by atoms with Gasteiger partial charge in [-0.05, 0) is 24.7 Å². The number of nitrogens with zero attached hydrogens (tertiary/aromatic N) is 1. The Balaban J connectivity index is 2.31. The van der Waals surface area contributed by atoms with Crippen LogP contribution in [0.15, 0.2) is 0 Å². The molecule has 0 aromatic heterocycles. The third-order valence-electron chi connectivity index (χ3n) is 2.21. The number of rotatable bonds is 4. The highest BCUT2D eigenvalue weighted by atomic mass is 16.2. The maximum atomic E-state index is 11.2. The third kappa shape index (κ3) is 3.24. The van der Waals surface area contributed by atoms with Gasteiger partial charge in [-0.2, -0.15) is 0 Å². The van der Waals surface area contributed by atoms with Gasteiger partial charge in [0.2, 0.25) is 5.91 Å². The fourth-order valence-corrected chi connectivity index (χ4v) is 1.38. The van der Waals surface area contributed by atoms with Crippen LogP contribution in [0.25, 0.3) is 0 Å². The first-order chi connectivity index (χ1) is 5.59. The van der Waals surface area contributed by atoms with Gasteiger partial charge in [0.25, 0.3) is 0 Å². The number of amides is 1. The van der Waals surface area contributed by atoms with E-state index in [4.69, 9.17) is 0 Å². The van der Waals surface area contributed by atoms with Crippen LogP contribution in [0.1, 0.15) is 33.6 Å². The molecule has 0 aromatic rings. The molecule has 0 aromatic carbocycles. The van der Waals surface area contributed by atoms with E-state index in [1.807, 2.05) is 4.90 Å². The molecule has 0 spiro atoms. The molecule has 70 valence electrons. The van der Waals surface area contributed by atoms with Gasteiger partial charge >= 0.3 is 0 Å². The lowest BCUT2D eigenvalue weighted by atomic mass is 10.2. The Hall–Kier alpha value is -0.530. The molecule has 0 aliphatic heterocycles. The third-order valence-corrected chi connectivity index (χ3v) is 2.21. The smallest absolute Gasteiger partial charge is 0.219 e. The van der Waals surface area contributed by atoms with Crippen molar-refractivity contribution < 1.29 is 4.79 Å². The van der Waals surface area contributed by atoms with E-state index in [1.54, 1.807) is 6.92 Å². The fraction of sp³-hybridized carbons (Fsp3) is 0.900. The monoisotopic (exact) mass is 169 g/mol. The van der Waals surface area contributed by atoms with Gasteiger partial charge < -0.3 is 4.90 Å². The zero-order chi connectivity index (χ0) is 9.14. The summed E-state index contributed by atoms with van der Waals surface area (Å²) in [4.78, 5) is 13.2. The van der Waals surface area contributed by atoms with Crippen LogP contribution in [0.5, 0.6) is 0 Å². The van der Waals surface area contributed by atoms with Gasteiger partial charge in [0, 0.05) is 20.0 Å². The van der Waals surface area contributed by atoms with E-state index in [1.165, 1.54) is 12.8 Å². The Morgan fingerprint density at radius 3 is 2.42 bits per heavy atom. The molecular formula is C10H19NO. The topological polar surface area (TPSA) is 20.3 Å². The molecule has 1 aliphatic rings. The number of carbonyl (C=O) groups is 1. The summed E-state index contributed by atoms with van der Waals surface area (Å²) in [6.45, 7) is 7.90. The quantitative estimate of drug-likeness (QED) is 0.629. The van der Waals surface area contributed by atoms with Crippen LogP contribution in [0.4, 0.5) is 0 Å². The summed E-state index contributed by atoms with van der Waals surface area (Å²) in [5.74, 6) is 1.64. The number of carbonyl (C=O) groups excluding carboxylic acids is 1. The molecule has 0 saturated heterocycles. The summed E-state index contributed by atoms with van der Waals surface area (Å²) >= 11 is 0. The summed E-state index contributed by atoms with van der Waals surface area (Å²) in [7, 11) is 0. The molecule has 2 nitrogen and oxygen atoms in total. The van der Waals surface area contributed by atoms with Crippen molar-refractivity contribution in [3.05, 3.63) is 0 Å². The van der Waals surface area contributed by atoms with Crippen molar-refractivity contribution in [3.8, 4) is 0 Å². The standard InChI is InChI=1S/C10H19NO/c1-8(2)6-11(9(3)12)7-10-4-5-10/h8,10H,4-7H2,1-3H3. The molecule has 1 saturated carbocycles. The molecule has 1 fully saturated rings. The molecule has 0 atom stereocenters. The Kier molecular flexibility index (Phi) is 3.12. The van der Waals surface area contributed by atoms with E-state index in [0.717, 1.165) is 19.0 Å². The zero-order valence-electron chi connectivity index (χ0n) is 8.34. The Morgan fingerprint density at radius 1 is 1.50 bits per heavy atom. The van der Waals surface area contributed by atoms with Crippen LogP contribution in [-0.4, -0.2) is 23.9 Å². The van der Waals surface area contributed by atoms with E-state index < -0.39 is 0 Å². The molecular weight excluding hydrogens is 150 g/mol. The van der Waals surface area contributed by atoms with Crippen LogP contribution < -0.4 is 0 Å². The van der Waals surface area contributed by atoms with Crippen molar-refractivity contribution >= 4 is 5.91 Å². The lowest BCUT2D eigenvalue weighted by molar-refractivity contribution is -0.129. The molecule has 1 rings (SSSR count). The second-order valence-electron chi connectivity index (χ2n) is 4.26. The second-order valence-corrected chi connectivity index (χ2v) is 4.26. The van der Waals surface area contributed by atoms with Crippen LogP contribution in [-0.2, 0) is 4.79 Å². The van der Waals surface area contributed by atoms with Crippen molar-refractivity contribution in [2.24, 2.45) is 11.8 Å². The largest absolute Gasteiger partial charge is 0.342 e. The van der Waals surface area contributed by atoms with Crippen LogP contribution in [0, 0.1) is 11.8 Å². The lowest BCUT2D eigenvalue weighted by Gasteiger charge is -2.22. The molecule has 0 heterocycles. The highest BCUT2D eigenvalue weighted by Crippen LogP contribution is 2.29. The van der Waals surface area contributed by atoms with Gasteiger partial charge in [-0.25, -0.2) is 0 Å². The minimum Gasteiger partial charge on any atom is -0.342 e. The van der Waals surface area contributed by atoms with E-state index in [2.05, 4.69) is 13.8 Å². The van der Waals surface area contributed by atoms with E-state index in [0.29, 0.717) is 5.92 Å². The highest BCUT2D eigenvalue weighted by Gasteiger charge is 2.25. The highest BCUT2D eigenvalue weighted by molar-refractivity contribution is 5.73. The molecule has 0 radical (unpaired) electrons. The molecule has 0 unspecified atom stereocenters. The van der Waals surface area contributed by atoms with Crippen LogP contribution in [0.2, 0.25) is 0 Å². The minimum absolute atomic E-state index is 0.232. The van der Waals surface area contributed by atoms with Crippen molar-refractivity contribution in [3.63, 3.8) is 0 Å². The van der Waals surface area contributed by atoms with Gasteiger partial charge in [0.1, 0.15) is 0 Å². The number of hydrogen-bond donors (Lipinski definition) is 0. The Morgan fingerprint density at radius 2 is 2.08 bits per heavy atom. The van der Waals surface area contributed by atoms with Gasteiger partial charge in [-0.15, -0.1) is 0 Å². The SMILES string of the molecule is CC(=O)N(CC(C)C)CC1CC1. The van der Waals surface area contributed by atoms with Crippen molar-refractivity contribution in [1.29, 1.82) is 0 Å². The van der Waals surface area contributed by atoms with Gasteiger partial charge in [0.05, 0.1) is 0 Å². The zero-order valence-corrected chi connectivity index (χ0v) is 8.34. The van der Waals surface area contributed by atoms with E-state index >= 15 is 0 Å². The van der Waals surface area contributed by atoms with Crippen molar-refractivity contribution in [2.45, 2.75) is 33.6 Å². The predicted octanol–water partition coefficient (Wildman–Crippen LogP) is 1.90. The average Bonchev–Trinajstić information content (AvgIpc) is 2.68. The van der Waals surface area contributed by atoms with Gasteiger partial charge in [0.15, 0.2) is 0 Å². The molecule has 0 N–H and O–H groups in total. The lowest BCUT2D eigenvalue weighted by Crippen LogP contribution is -2.33. The molecule has 2 heteroatoms. The molecule has 12 heavy (non-hydrogen) atoms.